The lowest BCUT2D eigenvalue weighted by molar-refractivity contribution is -0.253. The van der Waals surface area contributed by atoms with E-state index in [4.69, 9.17) is 4.52 Å². The first-order valence-corrected chi connectivity index (χ1v) is 7.86. The second-order valence-corrected chi connectivity index (χ2v) is 5.92. The highest BCUT2D eigenvalue weighted by molar-refractivity contribution is 5.97. The van der Waals surface area contributed by atoms with Gasteiger partial charge in [0.2, 0.25) is 5.89 Å². The third kappa shape index (κ3) is 3.94. The summed E-state index contributed by atoms with van der Waals surface area (Å²) in [6, 6.07) is 4.17. The number of benzene rings is 1. The first kappa shape index (κ1) is 18.2. The monoisotopic (exact) mass is 373 g/mol. The number of hydrogen-bond donors (Lipinski definition) is 1. The van der Waals surface area contributed by atoms with Crippen molar-refractivity contribution >= 4 is 5.91 Å². The standard InChI is InChI=1S/C16H15F4N3O3/c1-8(14-22-12(23-26-14)9-6-7-9)21-13(24)10-4-2-3-5-11(10)25-16(19,20)15(17)18/h2-5,8-9,15H,6-7H2,1H3,(H,21,24). The van der Waals surface area contributed by atoms with E-state index >= 15 is 0 Å². The minimum Gasteiger partial charge on any atom is -0.427 e. The average Bonchev–Trinajstić information content (AvgIpc) is 3.31. The molecule has 1 aliphatic rings. The Hall–Kier alpha value is -2.65. The van der Waals surface area contributed by atoms with E-state index in [2.05, 4.69) is 20.2 Å². The number of nitrogens with one attached hydrogen (secondary N) is 1. The first-order valence-electron chi connectivity index (χ1n) is 7.86. The molecule has 3 rings (SSSR count). The Bertz CT molecular complexity index is 793. The number of carbonyl (C=O) groups excluding carboxylic acids is 1. The predicted molar refractivity (Wildman–Crippen MR) is 80.2 cm³/mol. The van der Waals surface area contributed by atoms with Gasteiger partial charge in [0.05, 0.1) is 5.56 Å². The van der Waals surface area contributed by atoms with Gasteiger partial charge in [0.1, 0.15) is 11.8 Å². The van der Waals surface area contributed by atoms with E-state index in [9.17, 15) is 22.4 Å². The number of para-hydroxylation sites is 1. The van der Waals surface area contributed by atoms with Crippen LogP contribution in [0, 0.1) is 0 Å². The SMILES string of the molecule is CC(NC(=O)c1ccccc1OC(F)(F)C(F)F)c1nc(C2CC2)no1. The molecule has 0 spiro atoms. The van der Waals surface area contributed by atoms with Crippen LogP contribution in [0.15, 0.2) is 28.8 Å². The van der Waals surface area contributed by atoms with Crippen molar-refractivity contribution in [1.82, 2.24) is 15.5 Å². The van der Waals surface area contributed by atoms with Crippen molar-refractivity contribution in [2.75, 3.05) is 0 Å². The van der Waals surface area contributed by atoms with Crippen LogP contribution in [0.3, 0.4) is 0 Å². The highest BCUT2D eigenvalue weighted by atomic mass is 19.3. The van der Waals surface area contributed by atoms with Gasteiger partial charge in [-0.15, -0.1) is 0 Å². The first-order chi connectivity index (χ1) is 12.3. The van der Waals surface area contributed by atoms with E-state index in [1.807, 2.05) is 0 Å². The van der Waals surface area contributed by atoms with Crippen LogP contribution in [0.5, 0.6) is 5.75 Å². The number of alkyl halides is 4. The number of rotatable bonds is 7. The Labute approximate surface area is 145 Å². The van der Waals surface area contributed by atoms with Crippen LogP contribution in [-0.2, 0) is 0 Å². The fourth-order valence-electron chi connectivity index (χ4n) is 2.20. The number of carbonyl (C=O) groups is 1. The van der Waals surface area contributed by atoms with Crippen LogP contribution < -0.4 is 10.1 Å². The third-order valence-electron chi connectivity index (χ3n) is 3.75. The minimum atomic E-state index is -4.71. The lowest BCUT2D eigenvalue weighted by Crippen LogP contribution is -2.35. The molecule has 6 nitrogen and oxygen atoms in total. The molecule has 1 amide bonds. The number of nitrogens with zero attached hydrogens (tertiary/aromatic N) is 2. The highest BCUT2D eigenvalue weighted by Crippen LogP contribution is 2.38. The molecule has 1 fully saturated rings. The molecular weight excluding hydrogens is 358 g/mol. The fourth-order valence-corrected chi connectivity index (χ4v) is 2.20. The van der Waals surface area contributed by atoms with Crippen LogP contribution in [0.25, 0.3) is 0 Å². The van der Waals surface area contributed by atoms with E-state index < -0.39 is 30.2 Å². The largest absolute Gasteiger partial charge is 0.461 e. The molecule has 1 aliphatic carbocycles. The molecule has 0 bridgehead atoms. The van der Waals surface area contributed by atoms with Gasteiger partial charge in [-0.05, 0) is 31.9 Å². The summed E-state index contributed by atoms with van der Waals surface area (Å²) in [6.07, 6.45) is -6.80. The zero-order chi connectivity index (χ0) is 18.9. The van der Waals surface area contributed by atoms with Crippen molar-refractivity contribution in [3.63, 3.8) is 0 Å². The molecule has 0 saturated heterocycles. The van der Waals surface area contributed by atoms with Gasteiger partial charge in [0.25, 0.3) is 5.91 Å². The Morgan fingerprint density at radius 2 is 2.04 bits per heavy atom. The summed E-state index contributed by atoms with van der Waals surface area (Å²) < 4.78 is 60.1. The molecule has 140 valence electrons. The van der Waals surface area contributed by atoms with Gasteiger partial charge < -0.3 is 14.6 Å². The van der Waals surface area contributed by atoms with Crippen molar-refractivity contribution in [1.29, 1.82) is 0 Å². The van der Waals surface area contributed by atoms with Crippen molar-refractivity contribution < 1.29 is 31.6 Å². The fraction of sp³-hybridized carbons (Fsp3) is 0.438. The van der Waals surface area contributed by atoms with Crippen LogP contribution in [0.2, 0.25) is 0 Å². The Balaban J connectivity index is 1.72. The second-order valence-electron chi connectivity index (χ2n) is 5.92. The van der Waals surface area contributed by atoms with Crippen LogP contribution in [0.4, 0.5) is 17.6 Å². The number of ether oxygens (including phenoxy) is 1. The molecule has 1 aromatic carbocycles. The van der Waals surface area contributed by atoms with Gasteiger partial charge >= 0.3 is 12.5 Å². The molecule has 0 aliphatic heterocycles. The molecule has 1 heterocycles. The Kier molecular flexibility index (Phi) is 4.84. The number of amides is 1. The molecule has 1 N–H and O–H groups in total. The van der Waals surface area contributed by atoms with Crippen LogP contribution in [0.1, 0.15) is 53.8 Å². The van der Waals surface area contributed by atoms with Crippen molar-refractivity contribution in [3.8, 4) is 5.75 Å². The lowest BCUT2D eigenvalue weighted by atomic mass is 10.1. The summed E-state index contributed by atoms with van der Waals surface area (Å²) in [5.74, 6) is -0.477. The topological polar surface area (TPSA) is 77.2 Å². The predicted octanol–water partition coefficient (Wildman–Crippen LogP) is 3.67. The van der Waals surface area contributed by atoms with Gasteiger partial charge in [0, 0.05) is 5.92 Å². The maximum Gasteiger partial charge on any atom is 0.461 e. The van der Waals surface area contributed by atoms with E-state index in [1.165, 1.54) is 18.2 Å². The van der Waals surface area contributed by atoms with E-state index in [0.717, 1.165) is 18.9 Å². The van der Waals surface area contributed by atoms with Gasteiger partial charge in [-0.25, -0.2) is 0 Å². The zero-order valence-electron chi connectivity index (χ0n) is 13.6. The number of hydrogen-bond acceptors (Lipinski definition) is 5. The van der Waals surface area contributed by atoms with E-state index in [0.29, 0.717) is 5.82 Å². The molecular formula is C16H15F4N3O3. The van der Waals surface area contributed by atoms with Gasteiger partial charge in [-0.3, -0.25) is 4.79 Å². The maximum absolute atomic E-state index is 13.2. The van der Waals surface area contributed by atoms with Crippen molar-refractivity contribution in [2.45, 2.75) is 44.3 Å². The molecule has 1 aromatic heterocycles. The van der Waals surface area contributed by atoms with Crippen molar-refractivity contribution in [2.24, 2.45) is 0 Å². The summed E-state index contributed by atoms with van der Waals surface area (Å²) >= 11 is 0. The molecule has 1 unspecified atom stereocenters. The summed E-state index contributed by atoms with van der Waals surface area (Å²) in [6.45, 7) is 1.57. The van der Waals surface area contributed by atoms with Gasteiger partial charge in [-0.2, -0.15) is 22.5 Å². The highest BCUT2D eigenvalue weighted by Gasteiger charge is 2.44. The Morgan fingerprint density at radius 3 is 2.69 bits per heavy atom. The Morgan fingerprint density at radius 1 is 1.35 bits per heavy atom. The van der Waals surface area contributed by atoms with E-state index in [1.54, 1.807) is 6.92 Å². The molecule has 0 radical (unpaired) electrons. The smallest absolute Gasteiger partial charge is 0.427 e. The van der Waals surface area contributed by atoms with Crippen LogP contribution >= 0.6 is 0 Å². The molecule has 2 aromatic rings. The summed E-state index contributed by atoms with van der Waals surface area (Å²) in [4.78, 5) is 16.5. The normalized spacial score (nSPS) is 15.8. The molecule has 26 heavy (non-hydrogen) atoms. The summed E-state index contributed by atoms with van der Waals surface area (Å²) in [5.41, 5.74) is -0.318. The second kappa shape index (κ2) is 6.93. The number of aromatic nitrogens is 2. The quantitative estimate of drug-likeness (QED) is 0.750. The average molecular weight is 373 g/mol. The summed E-state index contributed by atoms with van der Waals surface area (Å²) in [7, 11) is 0. The summed E-state index contributed by atoms with van der Waals surface area (Å²) in [5, 5.41) is 6.31. The van der Waals surface area contributed by atoms with Crippen molar-refractivity contribution in [3.05, 3.63) is 41.5 Å². The molecule has 1 atom stereocenters. The minimum absolute atomic E-state index is 0.163. The van der Waals surface area contributed by atoms with Gasteiger partial charge in [0.15, 0.2) is 5.82 Å². The zero-order valence-corrected chi connectivity index (χ0v) is 13.6. The van der Waals surface area contributed by atoms with E-state index in [-0.39, 0.29) is 17.4 Å². The maximum atomic E-state index is 13.2. The third-order valence-corrected chi connectivity index (χ3v) is 3.75. The molecule has 1 saturated carbocycles. The van der Waals surface area contributed by atoms with Gasteiger partial charge in [-0.1, -0.05) is 17.3 Å². The lowest BCUT2D eigenvalue weighted by Gasteiger charge is -2.19. The molecule has 10 heteroatoms. The van der Waals surface area contributed by atoms with Crippen LogP contribution in [-0.4, -0.2) is 28.6 Å². The number of halogens is 4.